The first kappa shape index (κ1) is 20.1. The van der Waals surface area contributed by atoms with E-state index in [0.717, 1.165) is 0 Å². The zero-order chi connectivity index (χ0) is 21.1. The van der Waals surface area contributed by atoms with Gasteiger partial charge in [0.25, 0.3) is 11.5 Å². The summed E-state index contributed by atoms with van der Waals surface area (Å²) in [5, 5.41) is 2.52. The van der Waals surface area contributed by atoms with Crippen molar-refractivity contribution in [2.45, 2.75) is 13.5 Å². The first-order valence-corrected chi connectivity index (χ1v) is 8.62. The molecule has 7 nitrogen and oxygen atoms in total. The maximum atomic E-state index is 12.9. The average molecular weight is 403 g/mol. The normalized spacial score (nSPS) is 10.8. The molecule has 152 valence electrons. The molecule has 0 fully saturated rings. The summed E-state index contributed by atoms with van der Waals surface area (Å²) in [4.78, 5) is 25.7. The van der Waals surface area contributed by atoms with E-state index in [2.05, 4.69) is 10.1 Å². The molecule has 0 saturated heterocycles. The number of hydrogen-bond donors (Lipinski definition) is 1. The zero-order valence-corrected chi connectivity index (χ0v) is 16.0. The van der Waals surface area contributed by atoms with Crippen LogP contribution in [0.1, 0.15) is 16.1 Å². The molecule has 0 aliphatic rings. The lowest BCUT2D eigenvalue weighted by Gasteiger charge is -2.14. The number of aromatic nitrogens is 2. The minimum atomic E-state index is -3.15. The molecule has 1 aromatic heterocycles. The lowest BCUT2D eigenvalue weighted by Crippen LogP contribution is -2.23. The number of alkyl halides is 2. The molecule has 3 rings (SSSR count). The molecule has 0 bridgehead atoms. The molecule has 29 heavy (non-hydrogen) atoms. The van der Waals surface area contributed by atoms with Gasteiger partial charge in [-0.3, -0.25) is 14.3 Å². The zero-order valence-electron chi connectivity index (χ0n) is 16.0. The van der Waals surface area contributed by atoms with Gasteiger partial charge in [0, 0.05) is 7.05 Å². The Hall–Kier alpha value is -3.62. The number of para-hydroxylation sites is 2. The predicted octanol–water partition coefficient (Wildman–Crippen LogP) is 3.35. The van der Waals surface area contributed by atoms with E-state index in [9.17, 15) is 18.4 Å². The number of carbonyl (C=O) groups is 1. The van der Waals surface area contributed by atoms with Crippen LogP contribution in [0.15, 0.2) is 53.3 Å². The highest BCUT2D eigenvalue weighted by Crippen LogP contribution is 2.33. The number of nitrogens with one attached hydrogen (secondary N) is 1. The number of nitrogens with zero attached hydrogens (tertiary/aromatic N) is 2. The first-order valence-electron chi connectivity index (χ1n) is 8.62. The smallest absolute Gasteiger partial charge is 0.387 e. The summed E-state index contributed by atoms with van der Waals surface area (Å²) in [5.41, 5.74) is 0.507. The van der Waals surface area contributed by atoms with Gasteiger partial charge in [0.15, 0.2) is 11.5 Å². The Labute approximate surface area is 165 Å². The van der Waals surface area contributed by atoms with Crippen LogP contribution >= 0.6 is 0 Å². The third-order valence-corrected chi connectivity index (χ3v) is 4.44. The van der Waals surface area contributed by atoms with Gasteiger partial charge in [-0.25, -0.2) is 4.68 Å². The van der Waals surface area contributed by atoms with E-state index in [1.807, 2.05) is 6.07 Å². The second kappa shape index (κ2) is 8.17. The highest BCUT2D eigenvalue weighted by Gasteiger charge is 2.23. The molecule has 2 aromatic carbocycles. The van der Waals surface area contributed by atoms with Crippen molar-refractivity contribution in [2.24, 2.45) is 7.05 Å². The number of amides is 1. The third-order valence-electron chi connectivity index (χ3n) is 4.44. The van der Waals surface area contributed by atoms with Gasteiger partial charge in [-0.05, 0) is 31.2 Å². The summed E-state index contributed by atoms with van der Waals surface area (Å²) in [5.74, 6) is -1.20. The van der Waals surface area contributed by atoms with E-state index in [1.54, 1.807) is 42.9 Å². The van der Waals surface area contributed by atoms with E-state index in [4.69, 9.17) is 4.74 Å². The second-order valence-electron chi connectivity index (χ2n) is 6.11. The average Bonchev–Trinajstić information content (AvgIpc) is 2.91. The van der Waals surface area contributed by atoms with Crippen LogP contribution in [0.3, 0.4) is 0 Å². The van der Waals surface area contributed by atoms with E-state index in [0.29, 0.717) is 11.4 Å². The maximum Gasteiger partial charge on any atom is 0.387 e. The molecule has 0 saturated carbocycles. The predicted molar refractivity (Wildman–Crippen MR) is 103 cm³/mol. The number of hydrogen-bond acceptors (Lipinski definition) is 4. The number of anilines is 1. The number of benzene rings is 2. The molecule has 0 radical (unpaired) electrons. The maximum absolute atomic E-state index is 12.9. The van der Waals surface area contributed by atoms with Gasteiger partial charge >= 0.3 is 6.61 Å². The summed E-state index contributed by atoms with van der Waals surface area (Å²) in [7, 11) is 2.95. The molecule has 0 atom stereocenters. The highest BCUT2D eigenvalue weighted by atomic mass is 19.3. The molecule has 0 spiro atoms. The van der Waals surface area contributed by atoms with Gasteiger partial charge in [0.1, 0.15) is 5.69 Å². The molecule has 1 N–H and O–H groups in total. The summed E-state index contributed by atoms with van der Waals surface area (Å²) in [6.07, 6.45) is 0. The lowest BCUT2D eigenvalue weighted by molar-refractivity contribution is -0.0515. The van der Waals surface area contributed by atoms with E-state index in [-0.39, 0.29) is 17.0 Å². The van der Waals surface area contributed by atoms with Gasteiger partial charge in [0.05, 0.1) is 24.1 Å². The number of ether oxygens (including phenoxy) is 2. The largest absolute Gasteiger partial charge is 0.493 e. The van der Waals surface area contributed by atoms with Crippen LogP contribution in [0, 0.1) is 6.92 Å². The van der Waals surface area contributed by atoms with Crippen molar-refractivity contribution in [2.75, 3.05) is 12.4 Å². The van der Waals surface area contributed by atoms with E-state index < -0.39 is 23.8 Å². The van der Waals surface area contributed by atoms with Gasteiger partial charge in [-0.1, -0.05) is 24.3 Å². The van der Waals surface area contributed by atoms with Crippen molar-refractivity contribution in [1.82, 2.24) is 9.36 Å². The standard InChI is InChI=1S/C20H19F2N3O4/c1-12-16(19(27)25(24(12)2)13-8-5-4-6-9-13)23-18(26)14-10-7-11-15(28-3)17(14)29-20(21)22/h4-11,20H,1-3H3,(H,23,26). The monoisotopic (exact) mass is 403 g/mol. The van der Waals surface area contributed by atoms with Crippen molar-refractivity contribution in [3.8, 4) is 17.2 Å². The minimum absolute atomic E-state index is 0.0237. The summed E-state index contributed by atoms with van der Waals surface area (Å²) >= 11 is 0. The second-order valence-corrected chi connectivity index (χ2v) is 6.11. The van der Waals surface area contributed by atoms with Crippen LogP contribution in [0.4, 0.5) is 14.5 Å². The van der Waals surface area contributed by atoms with Crippen molar-refractivity contribution < 1.29 is 23.0 Å². The fraction of sp³-hybridized carbons (Fsp3) is 0.200. The van der Waals surface area contributed by atoms with Crippen LogP contribution in [-0.2, 0) is 7.05 Å². The molecule has 3 aromatic rings. The Morgan fingerprint density at radius 1 is 1.10 bits per heavy atom. The highest BCUT2D eigenvalue weighted by molar-refractivity contribution is 6.07. The van der Waals surface area contributed by atoms with Crippen molar-refractivity contribution in [1.29, 1.82) is 0 Å². The Kier molecular flexibility index (Phi) is 5.67. The molecular formula is C20H19F2N3O4. The molecule has 0 aliphatic carbocycles. The summed E-state index contributed by atoms with van der Waals surface area (Å²) in [6, 6.07) is 13.1. The summed E-state index contributed by atoms with van der Waals surface area (Å²) in [6.45, 7) is -1.48. The molecule has 0 unspecified atom stereocenters. The van der Waals surface area contributed by atoms with Crippen molar-refractivity contribution in [3.05, 3.63) is 70.1 Å². The van der Waals surface area contributed by atoms with E-state index in [1.165, 1.54) is 30.0 Å². The quantitative estimate of drug-likeness (QED) is 0.685. The molecular weight excluding hydrogens is 384 g/mol. The molecule has 1 heterocycles. The fourth-order valence-electron chi connectivity index (χ4n) is 2.96. The van der Waals surface area contributed by atoms with Crippen LogP contribution in [-0.4, -0.2) is 29.0 Å². The summed E-state index contributed by atoms with van der Waals surface area (Å²) < 4.78 is 38.1. The lowest BCUT2D eigenvalue weighted by atomic mass is 10.1. The van der Waals surface area contributed by atoms with Crippen LogP contribution < -0.4 is 20.3 Å². The number of rotatable bonds is 6. The number of methoxy groups -OCH3 is 1. The van der Waals surface area contributed by atoms with Crippen LogP contribution in [0.5, 0.6) is 11.5 Å². The Balaban J connectivity index is 2.02. The Bertz CT molecular complexity index is 1090. The first-order chi connectivity index (χ1) is 13.8. The van der Waals surface area contributed by atoms with E-state index >= 15 is 0 Å². The van der Waals surface area contributed by atoms with Gasteiger partial charge < -0.3 is 14.8 Å². The van der Waals surface area contributed by atoms with Gasteiger partial charge in [0.2, 0.25) is 0 Å². The van der Waals surface area contributed by atoms with Crippen LogP contribution in [0.25, 0.3) is 5.69 Å². The molecule has 1 amide bonds. The number of halogens is 2. The fourth-order valence-corrected chi connectivity index (χ4v) is 2.96. The number of carbonyl (C=O) groups excluding carboxylic acids is 1. The topological polar surface area (TPSA) is 74.5 Å². The Morgan fingerprint density at radius 3 is 2.41 bits per heavy atom. The van der Waals surface area contributed by atoms with Gasteiger partial charge in [-0.15, -0.1) is 0 Å². The van der Waals surface area contributed by atoms with Crippen molar-refractivity contribution in [3.63, 3.8) is 0 Å². The van der Waals surface area contributed by atoms with Crippen LogP contribution in [0.2, 0.25) is 0 Å². The SMILES string of the molecule is COc1cccc(C(=O)Nc2c(C)n(C)n(-c3ccccc3)c2=O)c1OC(F)F. The third kappa shape index (κ3) is 3.84. The molecule has 9 heteroatoms. The minimum Gasteiger partial charge on any atom is -0.493 e. The Morgan fingerprint density at radius 2 is 1.79 bits per heavy atom. The van der Waals surface area contributed by atoms with Gasteiger partial charge in [-0.2, -0.15) is 8.78 Å². The molecule has 0 aliphatic heterocycles. The van der Waals surface area contributed by atoms with Crippen molar-refractivity contribution >= 4 is 11.6 Å².